The second-order valence-electron chi connectivity index (χ2n) is 9.72. The van der Waals surface area contributed by atoms with E-state index in [2.05, 4.69) is 68.6 Å². The van der Waals surface area contributed by atoms with Crippen molar-refractivity contribution in [1.29, 1.82) is 0 Å². The number of methoxy groups -OCH3 is 1. The molecule has 0 N–H and O–H groups in total. The van der Waals surface area contributed by atoms with E-state index in [1.807, 2.05) is 16.8 Å². The third kappa shape index (κ3) is 5.15. The highest BCUT2D eigenvalue weighted by Gasteiger charge is 2.32. The van der Waals surface area contributed by atoms with E-state index in [1.165, 1.54) is 43.2 Å². The highest BCUT2D eigenvalue weighted by Crippen LogP contribution is 2.30. The molecule has 0 bridgehead atoms. The zero-order valence-corrected chi connectivity index (χ0v) is 20.4. The lowest BCUT2D eigenvalue weighted by Gasteiger charge is -2.43. The smallest absolute Gasteiger partial charge is 0.173 e. The fraction of sp³-hybridized carbons (Fsp3) is 0.519. The Balaban J connectivity index is 1.38. The molecular formula is C27H36N6O. The Hall–Kier alpha value is -2.77. The van der Waals surface area contributed by atoms with Crippen LogP contribution in [0.2, 0.25) is 0 Å². The van der Waals surface area contributed by atoms with Crippen LogP contribution in [0.25, 0.3) is 0 Å². The second kappa shape index (κ2) is 10.7. The van der Waals surface area contributed by atoms with Crippen molar-refractivity contribution in [2.24, 2.45) is 0 Å². The van der Waals surface area contributed by atoms with Crippen LogP contribution in [-0.4, -0.2) is 69.3 Å². The van der Waals surface area contributed by atoms with Gasteiger partial charge in [-0.25, -0.2) is 4.68 Å². The minimum Gasteiger partial charge on any atom is -0.497 e. The Morgan fingerprint density at radius 1 is 0.912 bits per heavy atom. The lowest BCUT2D eigenvalue weighted by Crippen LogP contribution is -2.52. The van der Waals surface area contributed by atoms with E-state index >= 15 is 0 Å². The quantitative estimate of drug-likeness (QED) is 0.530. The maximum Gasteiger partial charge on any atom is 0.173 e. The summed E-state index contributed by atoms with van der Waals surface area (Å²) in [5, 5.41) is 13.0. The van der Waals surface area contributed by atoms with E-state index in [1.54, 1.807) is 7.11 Å². The number of hydrogen-bond donors (Lipinski definition) is 0. The summed E-state index contributed by atoms with van der Waals surface area (Å²) in [4.78, 5) is 5.29. The molecule has 34 heavy (non-hydrogen) atoms. The minimum absolute atomic E-state index is 0.0438. The van der Waals surface area contributed by atoms with Gasteiger partial charge in [-0.3, -0.25) is 9.80 Å². The lowest BCUT2D eigenvalue weighted by atomic mass is 9.93. The van der Waals surface area contributed by atoms with Crippen molar-refractivity contribution in [3.05, 3.63) is 71.0 Å². The summed E-state index contributed by atoms with van der Waals surface area (Å²) in [5.74, 6) is 1.76. The molecule has 180 valence electrons. The van der Waals surface area contributed by atoms with Crippen LogP contribution in [0.1, 0.15) is 60.7 Å². The van der Waals surface area contributed by atoms with Gasteiger partial charge in [0.2, 0.25) is 0 Å². The fourth-order valence-corrected chi connectivity index (χ4v) is 5.50. The van der Waals surface area contributed by atoms with Crippen LogP contribution < -0.4 is 4.74 Å². The van der Waals surface area contributed by atoms with E-state index in [-0.39, 0.29) is 6.04 Å². The van der Waals surface area contributed by atoms with Crippen molar-refractivity contribution >= 4 is 0 Å². The van der Waals surface area contributed by atoms with Crippen LogP contribution in [0.3, 0.4) is 0 Å². The zero-order chi connectivity index (χ0) is 23.3. The molecule has 2 aromatic carbocycles. The molecule has 1 saturated heterocycles. The Morgan fingerprint density at radius 3 is 2.29 bits per heavy atom. The molecule has 0 spiro atoms. The van der Waals surface area contributed by atoms with Gasteiger partial charge in [0.05, 0.1) is 19.7 Å². The van der Waals surface area contributed by atoms with Gasteiger partial charge in [0.25, 0.3) is 0 Å². The van der Waals surface area contributed by atoms with Crippen molar-refractivity contribution in [3.8, 4) is 5.75 Å². The predicted molar refractivity (Wildman–Crippen MR) is 133 cm³/mol. The van der Waals surface area contributed by atoms with E-state index in [0.717, 1.165) is 49.4 Å². The molecule has 7 heteroatoms. The maximum absolute atomic E-state index is 5.31. The number of nitrogens with zero attached hydrogens (tertiary/aromatic N) is 6. The molecule has 0 radical (unpaired) electrons. The second-order valence-corrected chi connectivity index (χ2v) is 9.72. The van der Waals surface area contributed by atoms with Crippen molar-refractivity contribution in [2.45, 2.75) is 57.7 Å². The first kappa shape index (κ1) is 23.0. The number of hydrogen-bond acceptors (Lipinski definition) is 6. The van der Waals surface area contributed by atoms with Crippen LogP contribution in [0, 0.1) is 6.92 Å². The lowest BCUT2D eigenvalue weighted by molar-refractivity contribution is 0.0620. The van der Waals surface area contributed by atoms with Crippen molar-refractivity contribution in [3.63, 3.8) is 0 Å². The van der Waals surface area contributed by atoms with Gasteiger partial charge in [-0.1, -0.05) is 61.2 Å². The molecule has 0 unspecified atom stereocenters. The maximum atomic E-state index is 5.31. The molecule has 1 aliphatic heterocycles. The number of ether oxygens (including phenoxy) is 1. The first-order valence-electron chi connectivity index (χ1n) is 12.6. The Kier molecular flexibility index (Phi) is 7.21. The monoisotopic (exact) mass is 460 g/mol. The van der Waals surface area contributed by atoms with E-state index < -0.39 is 0 Å². The van der Waals surface area contributed by atoms with Crippen LogP contribution in [0.5, 0.6) is 5.75 Å². The molecule has 1 saturated carbocycles. The van der Waals surface area contributed by atoms with Gasteiger partial charge in [-0.2, -0.15) is 0 Å². The van der Waals surface area contributed by atoms with Gasteiger partial charge in [-0.05, 0) is 53.5 Å². The minimum atomic E-state index is 0.0438. The van der Waals surface area contributed by atoms with E-state index in [4.69, 9.17) is 4.74 Å². The summed E-state index contributed by atoms with van der Waals surface area (Å²) >= 11 is 0. The molecule has 3 aromatic rings. The molecular weight excluding hydrogens is 424 g/mol. The molecule has 0 amide bonds. The number of piperazine rings is 1. The van der Waals surface area contributed by atoms with Crippen LogP contribution in [0.15, 0.2) is 48.5 Å². The third-order valence-electron chi connectivity index (χ3n) is 7.49. The summed E-state index contributed by atoms with van der Waals surface area (Å²) in [6.45, 7) is 7.07. The molecule has 2 heterocycles. The fourth-order valence-electron chi connectivity index (χ4n) is 5.50. The first-order chi connectivity index (χ1) is 16.7. The number of aryl methyl sites for hydroxylation is 1. The first-order valence-corrected chi connectivity index (χ1v) is 12.6. The van der Waals surface area contributed by atoms with Crippen molar-refractivity contribution in [1.82, 2.24) is 30.0 Å². The number of tetrazole rings is 1. The van der Waals surface area contributed by atoms with Crippen LogP contribution >= 0.6 is 0 Å². The Bertz CT molecular complexity index is 1030. The molecule has 2 aliphatic rings. The van der Waals surface area contributed by atoms with Gasteiger partial charge in [-0.15, -0.1) is 5.10 Å². The van der Waals surface area contributed by atoms with Gasteiger partial charge < -0.3 is 4.74 Å². The normalized spacial score (nSPS) is 19.2. The molecule has 2 fully saturated rings. The highest BCUT2D eigenvalue weighted by molar-refractivity contribution is 5.30. The molecule has 1 aliphatic carbocycles. The summed E-state index contributed by atoms with van der Waals surface area (Å²) in [6, 6.07) is 17.8. The largest absolute Gasteiger partial charge is 0.497 e. The SMILES string of the molecule is COc1ccc(Cn2nnnc2[C@@H](c2ccc(C)cc2)N2CCN(C3CCCCC3)CC2)cc1. The third-order valence-corrected chi connectivity index (χ3v) is 7.49. The van der Waals surface area contributed by atoms with Crippen LogP contribution in [0.4, 0.5) is 0 Å². The average molecular weight is 461 g/mol. The molecule has 1 aromatic heterocycles. The predicted octanol–water partition coefficient (Wildman–Crippen LogP) is 4.08. The standard InChI is InChI=1S/C27H36N6O/c1-21-8-12-23(13-9-21)26(32-18-16-31(17-19-32)24-6-4-3-5-7-24)27-28-29-30-33(27)20-22-10-14-25(34-2)15-11-22/h8-15,24,26H,3-7,16-20H2,1-2H3/t26-/m1/s1. The van der Waals surface area contributed by atoms with Crippen LogP contribution in [-0.2, 0) is 6.54 Å². The summed E-state index contributed by atoms with van der Waals surface area (Å²) in [6.07, 6.45) is 6.90. The van der Waals surface area contributed by atoms with E-state index in [0.29, 0.717) is 6.54 Å². The number of aromatic nitrogens is 4. The molecule has 5 rings (SSSR count). The van der Waals surface area contributed by atoms with Crippen molar-refractivity contribution in [2.75, 3.05) is 33.3 Å². The topological polar surface area (TPSA) is 59.3 Å². The highest BCUT2D eigenvalue weighted by atomic mass is 16.5. The van der Waals surface area contributed by atoms with Gasteiger partial charge >= 0.3 is 0 Å². The number of benzene rings is 2. The summed E-state index contributed by atoms with van der Waals surface area (Å²) in [5.41, 5.74) is 3.67. The summed E-state index contributed by atoms with van der Waals surface area (Å²) < 4.78 is 7.27. The van der Waals surface area contributed by atoms with Gasteiger partial charge in [0.1, 0.15) is 5.75 Å². The zero-order valence-electron chi connectivity index (χ0n) is 20.4. The van der Waals surface area contributed by atoms with Crippen molar-refractivity contribution < 1.29 is 4.74 Å². The molecule has 7 nitrogen and oxygen atoms in total. The van der Waals surface area contributed by atoms with E-state index in [9.17, 15) is 0 Å². The average Bonchev–Trinajstić information content (AvgIpc) is 3.34. The van der Waals surface area contributed by atoms with Gasteiger partial charge in [0.15, 0.2) is 5.82 Å². The number of rotatable bonds is 7. The molecule has 1 atom stereocenters. The Morgan fingerprint density at radius 2 is 1.62 bits per heavy atom. The summed E-state index contributed by atoms with van der Waals surface area (Å²) in [7, 11) is 1.69. The van der Waals surface area contributed by atoms with Gasteiger partial charge in [0, 0.05) is 32.2 Å². The Labute approximate surface area is 202 Å².